The predicted octanol–water partition coefficient (Wildman–Crippen LogP) is 4.51. The summed E-state index contributed by atoms with van der Waals surface area (Å²) in [6, 6.07) is 18.9. The van der Waals surface area contributed by atoms with Crippen molar-refractivity contribution in [3.8, 4) is 11.1 Å². The van der Waals surface area contributed by atoms with Crippen molar-refractivity contribution in [3.05, 3.63) is 60.2 Å². The fourth-order valence-corrected chi connectivity index (χ4v) is 2.32. The average Bonchev–Trinajstić information content (AvgIpc) is 2.46. The highest BCUT2D eigenvalue weighted by molar-refractivity contribution is 5.78. The maximum absolute atomic E-state index is 11.5. The Balaban J connectivity index is 2.13. The van der Waals surface area contributed by atoms with Gasteiger partial charge in [-0.15, -0.1) is 0 Å². The van der Waals surface area contributed by atoms with E-state index < -0.39 is 0 Å². The summed E-state index contributed by atoms with van der Waals surface area (Å²) in [4.78, 5) is 11.5. The number of benzene rings is 2. The molecule has 0 aliphatic carbocycles. The molecule has 0 N–H and O–H groups in total. The van der Waals surface area contributed by atoms with Gasteiger partial charge in [0.05, 0.1) is 0 Å². The third-order valence-corrected chi connectivity index (χ3v) is 3.61. The van der Waals surface area contributed by atoms with Crippen LogP contribution in [0.1, 0.15) is 25.8 Å². The van der Waals surface area contributed by atoms with E-state index in [4.69, 9.17) is 0 Å². The first-order valence-corrected chi connectivity index (χ1v) is 6.85. The molecule has 0 spiro atoms. The van der Waals surface area contributed by atoms with Gasteiger partial charge in [0.1, 0.15) is 5.78 Å². The second kappa shape index (κ2) is 6.33. The third kappa shape index (κ3) is 3.54. The number of carbonyl (C=O) groups is 1. The number of hydrogen-bond acceptors (Lipinski definition) is 1. The van der Waals surface area contributed by atoms with Crippen molar-refractivity contribution < 1.29 is 4.79 Å². The van der Waals surface area contributed by atoms with Gasteiger partial charge in [-0.3, -0.25) is 4.79 Å². The lowest BCUT2D eigenvalue weighted by atomic mass is 9.93. The summed E-state index contributed by atoms with van der Waals surface area (Å²) in [5.74, 6) is 0.442. The molecule has 0 aromatic heterocycles. The first-order chi connectivity index (χ1) is 9.20. The normalized spacial score (nSPS) is 12.1. The van der Waals surface area contributed by atoms with Crippen LogP contribution in [0.2, 0.25) is 0 Å². The quantitative estimate of drug-likeness (QED) is 0.765. The lowest BCUT2D eigenvalue weighted by molar-refractivity contribution is -0.120. The molecule has 2 aromatic rings. The Morgan fingerprint density at radius 3 is 2.05 bits per heavy atom. The number of carbonyl (C=O) groups excluding carboxylic acids is 1. The Bertz CT molecular complexity index is 525. The van der Waals surface area contributed by atoms with E-state index in [1.165, 1.54) is 16.7 Å². The maximum atomic E-state index is 11.5. The van der Waals surface area contributed by atoms with E-state index in [-0.39, 0.29) is 11.7 Å². The summed E-state index contributed by atoms with van der Waals surface area (Å²) in [6.07, 6.45) is 1.76. The molecule has 0 radical (unpaired) electrons. The number of rotatable bonds is 5. The molecule has 0 bridgehead atoms. The van der Waals surface area contributed by atoms with E-state index in [0.29, 0.717) is 0 Å². The van der Waals surface area contributed by atoms with Crippen LogP contribution in [0, 0.1) is 5.92 Å². The zero-order valence-corrected chi connectivity index (χ0v) is 11.6. The van der Waals surface area contributed by atoms with E-state index in [9.17, 15) is 4.79 Å². The van der Waals surface area contributed by atoms with Crippen LogP contribution in [0.25, 0.3) is 11.1 Å². The molecular formula is C18H20O. The van der Waals surface area contributed by atoms with Gasteiger partial charge in [-0.05, 0) is 36.5 Å². The van der Waals surface area contributed by atoms with Gasteiger partial charge in [0, 0.05) is 5.92 Å². The second-order valence-corrected chi connectivity index (χ2v) is 4.98. The van der Waals surface area contributed by atoms with Crippen LogP contribution >= 0.6 is 0 Å². The van der Waals surface area contributed by atoms with Crippen LogP contribution in [0.4, 0.5) is 0 Å². The van der Waals surface area contributed by atoms with Crippen LogP contribution in [0.3, 0.4) is 0 Å². The van der Waals surface area contributed by atoms with Gasteiger partial charge in [-0.25, -0.2) is 0 Å². The minimum Gasteiger partial charge on any atom is -0.300 e. The van der Waals surface area contributed by atoms with Crippen molar-refractivity contribution >= 4 is 5.78 Å². The van der Waals surface area contributed by atoms with Gasteiger partial charge in [0.25, 0.3) is 0 Å². The Morgan fingerprint density at radius 1 is 0.947 bits per heavy atom. The van der Waals surface area contributed by atoms with Crippen molar-refractivity contribution in [2.75, 3.05) is 0 Å². The van der Waals surface area contributed by atoms with E-state index in [2.05, 4.69) is 43.3 Å². The highest BCUT2D eigenvalue weighted by Gasteiger charge is 2.12. The van der Waals surface area contributed by atoms with E-state index in [0.717, 1.165) is 12.8 Å². The highest BCUT2D eigenvalue weighted by Crippen LogP contribution is 2.21. The SMILES string of the molecule is CCC(Cc1ccc(-c2ccccc2)cc1)C(C)=O. The van der Waals surface area contributed by atoms with Crippen LogP contribution in [0.5, 0.6) is 0 Å². The lowest BCUT2D eigenvalue weighted by Gasteiger charge is -2.11. The minimum atomic E-state index is 0.155. The largest absolute Gasteiger partial charge is 0.300 e. The molecule has 0 aliphatic rings. The zero-order valence-electron chi connectivity index (χ0n) is 11.6. The molecule has 19 heavy (non-hydrogen) atoms. The summed E-state index contributed by atoms with van der Waals surface area (Å²) in [5.41, 5.74) is 3.69. The molecule has 0 saturated heterocycles. The fourth-order valence-electron chi connectivity index (χ4n) is 2.32. The van der Waals surface area contributed by atoms with Crippen LogP contribution in [-0.4, -0.2) is 5.78 Å². The third-order valence-electron chi connectivity index (χ3n) is 3.61. The fraction of sp³-hybridized carbons (Fsp3) is 0.278. The molecule has 2 rings (SSSR count). The Hall–Kier alpha value is -1.89. The molecule has 0 saturated carbocycles. The van der Waals surface area contributed by atoms with Crippen molar-refractivity contribution in [3.63, 3.8) is 0 Å². The van der Waals surface area contributed by atoms with Crippen molar-refractivity contribution in [1.82, 2.24) is 0 Å². The number of ketones is 1. The topological polar surface area (TPSA) is 17.1 Å². The molecule has 1 unspecified atom stereocenters. The van der Waals surface area contributed by atoms with E-state index in [1.807, 2.05) is 18.2 Å². The number of Topliss-reactive ketones (excluding diaryl/α,β-unsaturated/α-hetero) is 1. The van der Waals surface area contributed by atoms with E-state index >= 15 is 0 Å². The van der Waals surface area contributed by atoms with Gasteiger partial charge in [0.15, 0.2) is 0 Å². The standard InChI is InChI=1S/C18H20O/c1-3-16(14(2)19)13-15-9-11-18(12-10-15)17-7-5-4-6-8-17/h4-12,16H,3,13H2,1-2H3. The summed E-state index contributed by atoms with van der Waals surface area (Å²) < 4.78 is 0. The van der Waals surface area contributed by atoms with Crippen molar-refractivity contribution in [2.24, 2.45) is 5.92 Å². The predicted molar refractivity (Wildman–Crippen MR) is 80.0 cm³/mol. The Kier molecular flexibility index (Phi) is 4.51. The van der Waals surface area contributed by atoms with Crippen LogP contribution in [0.15, 0.2) is 54.6 Å². The highest BCUT2D eigenvalue weighted by atomic mass is 16.1. The molecule has 98 valence electrons. The van der Waals surface area contributed by atoms with Crippen LogP contribution in [-0.2, 0) is 11.2 Å². The molecule has 0 amide bonds. The summed E-state index contributed by atoms with van der Waals surface area (Å²) in [7, 11) is 0. The smallest absolute Gasteiger partial charge is 0.133 e. The first kappa shape index (κ1) is 13.5. The molecule has 0 heterocycles. The van der Waals surface area contributed by atoms with Gasteiger partial charge in [0.2, 0.25) is 0 Å². The van der Waals surface area contributed by atoms with Gasteiger partial charge in [-0.1, -0.05) is 61.5 Å². The zero-order chi connectivity index (χ0) is 13.7. The number of hydrogen-bond donors (Lipinski definition) is 0. The van der Waals surface area contributed by atoms with Gasteiger partial charge in [-0.2, -0.15) is 0 Å². The monoisotopic (exact) mass is 252 g/mol. The molecule has 1 atom stereocenters. The maximum Gasteiger partial charge on any atom is 0.133 e. The summed E-state index contributed by atoms with van der Waals surface area (Å²) in [5, 5.41) is 0. The van der Waals surface area contributed by atoms with Crippen LogP contribution < -0.4 is 0 Å². The molecule has 0 fully saturated rings. The van der Waals surface area contributed by atoms with Crippen molar-refractivity contribution in [1.29, 1.82) is 0 Å². The molecule has 1 nitrogen and oxygen atoms in total. The molecular weight excluding hydrogens is 232 g/mol. The second-order valence-electron chi connectivity index (χ2n) is 4.98. The van der Waals surface area contributed by atoms with E-state index in [1.54, 1.807) is 6.92 Å². The van der Waals surface area contributed by atoms with Gasteiger partial charge < -0.3 is 0 Å². The lowest BCUT2D eigenvalue weighted by Crippen LogP contribution is -2.12. The molecule has 2 aromatic carbocycles. The minimum absolute atomic E-state index is 0.155. The van der Waals surface area contributed by atoms with Gasteiger partial charge >= 0.3 is 0 Å². The Morgan fingerprint density at radius 2 is 1.53 bits per heavy atom. The average molecular weight is 252 g/mol. The summed E-state index contributed by atoms with van der Waals surface area (Å²) >= 11 is 0. The molecule has 1 heteroatoms. The Labute approximate surface area is 115 Å². The first-order valence-electron chi connectivity index (χ1n) is 6.85. The van der Waals surface area contributed by atoms with Crippen molar-refractivity contribution in [2.45, 2.75) is 26.7 Å². The molecule has 0 aliphatic heterocycles. The summed E-state index contributed by atoms with van der Waals surface area (Å²) in [6.45, 7) is 3.76.